The van der Waals surface area contributed by atoms with Gasteiger partial charge in [0.05, 0.1) is 22.1 Å². The van der Waals surface area contributed by atoms with Gasteiger partial charge in [-0.2, -0.15) is 0 Å². The first-order valence-electron chi connectivity index (χ1n) is 22.2. The van der Waals surface area contributed by atoms with E-state index in [4.69, 9.17) is 16.0 Å². The molecule has 0 N–H and O–H groups in total. The molecule has 3 nitrogen and oxygen atoms in total. The molecule has 4 heteroatoms. The van der Waals surface area contributed by atoms with E-state index in [0.29, 0.717) is 16.9 Å². The molecule has 12 rings (SSSR count). The van der Waals surface area contributed by atoms with Crippen LogP contribution in [-0.4, -0.2) is 0 Å². The van der Waals surface area contributed by atoms with Crippen molar-refractivity contribution in [2.24, 2.45) is 5.41 Å². The van der Waals surface area contributed by atoms with Gasteiger partial charge in [-0.15, -0.1) is 0 Å². The van der Waals surface area contributed by atoms with E-state index in [0.717, 1.165) is 56.1 Å². The van der Waals surface area contributed by atoms with Crippen molar-refractivity contribution in [1.29, 1.82) is 0 Å². The van der Waals surface area contributed by atoms with Crippen LogP contribution < -0.4 is 9.80 Å². The van der Waals surface area contributed by atoms with Gasteiger partial charge in [-0.1, -0.05) is 144 Å². The average Bonchev–Trinajstić information content (AvgIpc) is 3.72. The number of nitrogens with zero attached hydrogens (tertiary/aromatic N) is 2. The van der Waals surface area contributed by atoms with Gasteiger partial charge in [0.15, 0.2) is 5.58 Å². The number of furan rings is 1. The molecular weight excluding hydrogens is 764 g/mol. The van der Waals surface area contributed by atoms with E-state index in [1.165, 1.54) is 53.5 Å². The molecule has 1 aromatic heterocycles. The first kappa shape index (κ1) is 38.2. The fourth-order valence-corrected chi connectivity index (χ4v) is 11.7. The largest absolute Gasteiger partial charge is 0.454 e. The summed E-state index contributed by atoms with van der Waals surface area (Å²) >= 11 is 8.01. The van der Waals surface area contributed by atoms with Gasteiger partial charge in [0.2, 0.25) is 0 Å². The minimum atomic E-state index is -0.0842. The smallest absolute Gasteiger partial charge is 0.159 e. The van der Waals surface area contributed by atoms with Crippen molar-refractivity contribution in [2.75, 3.05) is 9.80 Å². The average molecular weight is 818 g/mol. The van der Waals surface area contributed by atoms with Crippen molar-refractivity contribution in [1.82, 2.24) is 0 Å². The lowest BCUT2D eigenvalue weighted by atomic mass is 9.59. The number of hydrogen-bond acceptors (Lipinski definition) is 3. The molecule has 304 valence electrons. The second kappa shape index (κ2) is 13.9. The number of anilines is 6. The molecule has 8 aromatic rings. The Morgan fingerprint density at radius 1 is 0.475 bits per heavy atom. The van der Waals surface area contributed by atoms with Crippen molar-refractivity contribution in [3.05, 3.63) is 179 Å². The summed E-state index contributed by atoms with van der Waals surface area (Å²) in [5.74, 6) is 1.28. The highest BCUT2D eigenvalue weighted by atomic mass is 35.5. The molecule has 61 heavy (non-hydrogen) atoms. The molecule has 0 radical (unpaired) electrons. The topological polar surface area (TPSA) is 19.6 Å². The molecule has 7 aromatic carbocycles. The molecule has 4 aliphatic rings. The summed E-state index contributed by atoms with van der Waals surface area (Å²) in [4.78, 5) is 4.72. The van der Waals surface area contributed by atoms with Gasteiger partial charge in [-0.05, 0) is 148 Å². The van der Waals surface area contributed by atoms with Crippen molar-refractivity contribution in [3.8, 4) is 11.1 Å². The molecule has 0 aliphatic heterocycles. The van der Waals surface area contributed by atoms with Crippen LogP contribution >= 0.6 is 11.6 Å². The van der Waals surface area contributed by atoms with Crippen LogP contribution in [0.25, 0.3) is 33.1 Å². The molecule has 2 bridgehead atoms. The minimum Gasteiger partial charge on any atom is -0.454 e. The van der Waals surface area contributed by atoms with Gasteiger partial charge in [-0.25, -0.2) is 0 Å². The van der Waals surface area contributed by atoms with Crippen LogP contribution in [0.1, 0.15) is 101 Å². The predicted octanol–water partition coefficient (Wildman–Crippen LogP) is 17.2. The molecule has 1 heterocycles. The Morgan fingerprint density at radius 3 is 1.79 bits per heavy atom. The third-order valence-electron chi connectivity index (χ3n) is 16.0. The SMILES string of the molecule is CC1(C)c2ccc(N(c3cccc(N(c4ccc(-c5ccccc5)cc4)c4ccc5c(c4)C4CCC5CC4)c3Cl)c3cccc4c3oc3ccccc34)cc2C(C)(C)C1(C)C. The van der Waals surface area contributed by atoms with Crippen LogP contribution in [0.5, 0.6) is 0 Å². The van der Waals surface area contributed by atoms with E-state index in [1.54, 1.807) is 5.56 Å². The maximum absolute atomic E-state index is 8.01. The summed E-state index contributed by atoms with van der Waals surface area (Å²) in [5, 5.41) is 2.85. The summed E-state index contributed by atoms with van der Waals surface area (Å²) in [6, 6.07) is 55.2. The lowest BCUT2D eigenvalue weighted by Gasteiger charge is -2.44. The van der Waals surface area contributed by atoms with Crippen LogP contribution in [0.4, 0.5) is 34.1 Å². The molecule has 0 saturated heterocycles. The van der Waals surface area contributed by atoms with Gasteiger partial charge in [0.1, 0.15) is 5.58 Å². The maximum atomic E-state index is 8.01. The van der Waals surface area contributed by atoms with Gasteiger partial charge >= 0.3 is 0 Å². The zero-order valence-electron chi connectivity index (χ0n) is 36.1. The van der Waals surface area contributed by atoms with Gasteiger partial charge in [0, 0.05) is 27.8 Å². The molecule has 0 atom stereocenters. The fourth-order valence-electron chi connectivity index (χ4n) is 11.4. The molecular formula is C57H53ClN2O. The number of rotatable bonds is 7. The van der Waals surface area contributed by atoms with E-state index in [2.05, 4.69) is 197 Å². The van der Waals surface area contributed by atoms with Gasteiger partial charge in [0.25, 0.3) is 0 Å². The van der Waals surface area contributed by atoms with Crippen LogP contribution in [0.2, 0.25) is 5.02 Å². The Morgan fingerprint density at radius 2 is 1.03 bits per heavy atom. The molecule has 0 unspecified atom stereocenters. The van der Waals surface area contributed by atoms with Crippen LogP contribution in [0, 0.1) is 5.41 Å². The number of hydrogen-bond donors (Lipinski definition) is 0. The Labute approximate surface area is 365 Å². The molecule has 0 spiro atoms. The summed E-state index contributed by atoms with van der Waals surface area (Å²) in [7, 11) is 0. The third kappa shape index (κ3) is 5.69. The second-order valence-electron chi connectivity index (χ2n) is 19.4. The van der Waals surface area contributed by atoms with E-state index < -0.39 is 0 Å². The van der Waals surface area contributed by atoms with Crippen molar-refractivity contribution < 1.29 is 4.42 Å². The summed E-state index contributed by atoms with van der Waals surface area (Å²) in [6.07, 6.45) is 5.16. The van der Waals surface area contributed by atoms with E-state index in [1.807, 2.05) is 6.07 Å². The second-order valence-corrected chi connectivity index (χ2v) is 19.8. The monoisotopic (exact) mass is 816 g/mol. The minimum absolute atomic E-state index is 0.0174. The van der Waals surface area contributed by atoms with Crippen LogP contribution in [0.3, 0.4) is 0 Å². The Hall–Kier alpha value is -5.77. The summed E-state index contributed by atoms with van der Waals surface area (Å²) in [6.45, 7) is 14.5. The highest BCUT2D eigenvalue weighted by molar-refractivity contribution is 6.37. The standard InChI is InChI=1S/C57H53ClN2O/c1-55(2)47-33-31-42(35-48(47)56(3,4)57(55,5)6)60(51-20-12-17-45-44-16-10-11-21-52(44)61-54(45)51)50-19-13-18-49(53(50)58)59(40-28-26-37(27-29-40)36-14-8-7-9-15-36)41-30-32-43-38-22-24-39(25-23-38)46(43)34-41/h7-21,26-35,38-39H,22-25H2,1-6H3. The normalized spacial score (nSPS) is 19.2. The maximum Gasteiger partial charge on any atom is 0.159 e. The van der Waals surface area contributed by atoms with Crippen LogP contribution in [-0.2, 0) is 10.8 Å². The first-order valence-corrected chi connectivity index (χ1v) is 22.6. The number of fused-ring (bicyclic) bond motifs is 6. The van der Waals surface area contributed by atoms with E-state index in [9.17, 15) is 0 Å². The zero-order valence-corrected chi connectivity index (χ0v) is 36.9. The quantitative estimate of drug-likeness (QED) is 0.160. The van der Waals surface area contributed by atoms with Gasteiger partial charge < -0.3 is 14.2 Å². The van der Waals surface area contributed by atoms with E-state index >= 15 is 0 Å². The van der Waals surface area contributed by atoms with Gasteiger partial charge in [-0.3, -0.25) is 0 Å². The Bertz CT molecular complexity index is 2980. The lowest BCUT2D eigenvalue weighted by molar-refractivity contribution is 0.125. The van der Waals surface area contributed by atoms with Crippen molar-refractivity contribution in [2.45, 2.75) is 89.9 Å². The third-order valence-corrected chi connectivity index (χ3v) is 16.4. The molecule has 4 aliphatic carbocycles. The first-order chi connectivity index (χ1) is 29.4. The highest BCUT2D eigenvalue weighted by Crippen LogP contribution is 2.62. The summed E-state index contributed by atoms with van der Waals surface area (Å²) < 4.78 is 6.79. The number of benzene rings is 7. The summed E-state index contributed by atoms with van der Waals surface area (Å²) in [5.41, 5.74) is 15.9. The number of halogens is 1. The fraction of sp³-hybridized carbons (Fsp3) is 0.263. The zero-order chi connectivity index (χ0) is 41.8. The van der Waals surface area contributed by atoms with Crippen molar-refractivity contribution >= 4 is 67.7 Å². The predicted molar refractivity (Wildman–Crippen MR) is 257 cm³/mol. The Balaban J connectivity index is 1.13. The molecule has 0 amide bonds. The van der Waals surface area contributed by atoms with Crippen molar-refractivity contribution in [3.63, 3.8) is 0 Å². The molecule has 1 saturated carbocycles. The number of para-hydroxylation sites is 2. The molecule has 1 fully saturated rings. The van der Waals surface area contributed by atoms with Crippen LogP contribution in [0.15, 0.2) is 156 Å². The van der Waals surface area contributed by atoms with E-state index in [-0.39, 0.29) is 16.2 Å². The Kier molecular flexibility index (Phi) is 8.68. The highest BCUT2D eigenvalue weighted by Gasteiger charge is 2.56. The lowest BCUT2D eigenvalue weighted by Crippen LogP contribution is -2.42.